The number of aromatic nitrogens is 2. The number of carbonyl (C=O) groups is 2. The van der Waals surface area contributed by atoms with Crippen LogP contribution in [0, 0.1) is 5.92 Å². The number of ether oxygens (including phenoxy) is 1. The first-order chi connectivity index (χ1) is 14.4. The van der Waals surface area contributed by atoms with Gasteiger partial charge in [-0.05, 0) is 30.7 Å². The Hall–Kier alpha value is -2.99. The van der Waals surface area contributed by atoms with Crippen LogP contribution in [0.3, 0.4) is 0 Å². The first-order valence-corrected chi connectivity index (χ1v) is 10.9. The average molecular weight is 421 g/mol. The van der Waals surface area contributed by atoms with E-state index in [0.717, 1.165) is 37.4 Å². The van der Waals surface area contributed by atoms with Crippen LogP contribution in [0.4, 0.5) is 0 Å². The molecule has 0 unspecified atom stereocenters. The number of thiazole rings is 1. The summed E-state index contributed by atoms with van der Waals surface area (Å²) in [4.78, 5) is 30.0. The van der Waals surface area contributed by atoms with Crippen LogP contribution in [0.1, 0.15) is 52.2 Å². The van der Waals surface area contributed by atoms with Crippen molar-refractivity contribution in [1.82, 2.24) is 9.55 Å². The maximum absolute atomic E-state index is 13.1. The molecule has 30 heavy (non-hydrogen) atoms. The molecule has 6 heteroatoms. The summed E-state index contributed by atoms with van der Waals surface area (Å²) < 4.78 is 8.18. The van der Waals surface area contributed by atoms with Crippen LogP contribution >= 0.6 is 11.3 Å². The van der Waals surface area contributed by atoms with Gasteiger partial charge >= 0.3 is 5.97 Å². The van der Waals surface area contributed by atoms with E-state index in [1.807, 2.05) is 44.2 Å². The van der Waals surface area contributed by atoms with Crippen molar-refractivity contribution >= 4 is 44.2 Å². The number of ketones is 1. The van der Waals surface area contributed by atoms with E-state index < -0.39 is 0 Å². The van der Waals surface area contributed by atoms with Crippen molar-refractivity contribution in [3.63, 3.8) is 0 Å². The summed E-state index contributed by atoms with van der Waals surface area (Å²) in [6.45, 7) is 6.44. The van der Waals surface area contributed by atoms with Gasteiger partial charge in [0.05, 0.1) is 35.0 Å². The fraction of sp³-hybridized carbons (Fsp3) is 0.292. The Morgan fingerprint density at radius 3 is 2.60 bits per heavy atom. The Morgan fingerprint density at radius 2 is 1.93 bits per heavy atom. The van der Waals surface area contributed by atoms with Gasteiger partial charge in [0.2, 0.25) is 0 Å². The third-order valence-corrected chi connectivity index (χ3v) is 6.35. The molecule has 0 spiro atoms. The van der Waals surface area contributed by atoms with Gasteiger partial charge < -0.3 is 9.30 Å². The van der Waals surface area contributed by atoms with Gasteiger partial charge in [0.15, 0.2) is 5.78 Å². The van der Waals surface area contributed by atoms with Crippen LogP contribution in [0.15, 0.2) is 42.5 Å². The SMILES string of the molecule is CCc1c(C(=O)C(C)C)c2ccc(C(=O)OC)cc2n1Cc1nc2ccccc2s1. The van der Waals surface area contributed by atoms with Crippen LogP contribution < -0.4 is 0 Å². The molecule has 0 amide bonds. The highest BCUT2D eigenvalue weighted by Crippen LogP contribution is 2.32. The second-order valence-corrected chi connectivity index (χ2v) is 8.69. The van der Waals surface area contributed by atoms with E-state index >= 15 is 0 Å². The lowest BCUT2D eigenvalue weighted by Crippen LogP contribution is -2.12. The highest BCUT2D eigenvalue weighted by atomic mass is 32.1. The highest BCUT2D eigenvalue weighted by molar-refractivity contribution is 7.18. The molecule has 0 aliphatic rings. The zero-order valence-electron chi connectivity index (χ0n) is 17.6. The van der Waals surface area contributed by atoms with Crippen molar-refractivity contribution in [3.05, 3.63) is 64.3 Å². The second kappa shape index (κ2) is 8.03. The fourth-order valence-corrected chi connectivity index (χ4v) is 4.84. The number of fused-ring (bicyclic) bond motifs is 2. The first kappa shape index (κ1) is 20.3. The molecule has 0 saturated heterocycles. The molecule has 0 radical (unpaired) electrons. The third-order valence-electron chi connectivity index (χ3n) is 5.33. The summed E-state index contributed by atoms with van der Waals surface area (Å²) in [6.07, 6.45) is 0.709. The van der Waals surface area contributed by atoms with E-state index in [4.69, 9.17) is 9.72 Å². The summed E-state index contributed by atoms with van der Waals surface area (Å²) in [6, 6.07) is 13.5. The summed E-state index contributed by atoms with van der Waals surface area (Å²) in [5, 5.41) is 1.84. The summed E-state index contributed by atoms with van der Waals surface area (Å²) in [5.41, 5.74) is 4.03. The molecule has 4 rings (SSSR count). The van der Waals surface area contributed by atoms with Gasteiger partial charge in [-0.2, -0.15) is 0 Å². The topological polar surface area (TPSA) is 61.2 Å². The molecule has 5 nitrogen and oxygen atoms in total. The lowest BCUT2D eigenvalue weighted by molar-refractivity contribution is 0.0600. The van der Waals surface area contributed by atoms with Crippen molar-refractivity contribution in [3.8, 4) is 0 Å². The number of hydrogen-bond donors (Lipinski definition) is 0. The van der Waals surface area contributed by atoms with E-state index in [9.17, 15) is 9.59 Å². The number of Topliss-reactive ketones (excluding diaryl/α,β-unsaturated/α-hetero) is 1. The molecule has 154 valence electrons. The zero-order chi connectivity index (χ0) is 21.4. The minimum atomic E-state index is -0.389. The average Bonchev–Trinajstić information content (AvgIpc) is 3.30. The molecule has 4 aromatic rings. The molecule has 0 aliphatic heterocycles. The maximum atomic E-state index is 13.1. The normalized spacial score (nSPS) is 11.5. The van der Waals surface area contributed by atoms with E-state index in [0.29, 0.717) is 18.5 Å². The number of methoxy groups -OCH3 is 1. The monoisotopic (exact) mass is 420 g/mol. The van der Waals surface area contributed by atoms with Gasteiger partial charge in [-0.3, -0.25) is 4.79 Å². The number of nitrogens with zero attached hydrogens (tertiary/aromatic N) is 2. The fourth-order valence-electron chi connectivity index (χ4n) is 3.88. The molecule has 2 aromatic heterocycles. The number of rotatable bonds is 6. The van der Waals surface area contributed by atoms with Gasteiger partial charge in [0.25, 0.3) is 0 Å². The van der Waals surface area contributed by atoms with Gasteiger partial charge in [0.1, 0.15) is 5.01 Å². The van der Waals surface area contributed by atoms with Gasteiger partial charge in [-0.1, -0.05) is 39.0 Å². The van der Waals surface area contributed by atoms with E-state index in [2.05, 4.69) is 17.6 Å². The van der Waals surface area contributed by atoms with Crippen molar-refractivity contribution in [2.24, 2.45) is 5.92 Å². The van der Waals surface area contributed by atoms with Crippen LogP contribution in [0.25, 0.3) is 21.1 Å². The highest BCUT2D eigenvalue weighted by Gasteiger charge is 2.24. The largest absolute Gasteiger partial charge is 0.465 e. The van der Waals surface area contributed by atoms with Gasteiger partial charge in [0, 0.05) is 22.6 Å². The second-order valence-electron chi connectivity index (χ2n) is 7.58. The Labute approximate surface area is 179 Å². The molecule has 0 atom stereocenters. The molecule has 0 aliphatic carbocycles. The summed E-state index contributed by atoms with van der Waals surface area (Å²) in [7, 11) is 1.37. The minimum absolute atomic E-state index is 0.114. The summed E-state index contributed by atoms with van der Waals surface area (Å²) >= 11 is 1.65. The van der Waals surface area contributed by atoms with Crippen molar-refractivity contribution < 1.29 is 14.3 Å². The zero-order valence-corrected chi connectivity index (χ0v) is 18.4. The predicted octanol–water partition coefficient (Wildman–Crippen LogP) is 5.49. The van der Waals surface area contributed by atoms with Crippen LogP contribution in [-0.4, -0.2) is 28.4 Å². The molecule has 2 aromatic carbocycles. The third kappa shape index (κ3) is 3.41. The van der Waals surface area contributed by atoms with Gasteiger partial charge in [-0.15, -0.1) is 11.3 Å². The van der Waals surface area contributed by atoms with E-state index in [1.165, 1.54) is 7.11 Å². The summed E-state index contributed by atoms with van der Waals surface area (Å²) in [5.74, 6) is -0.387. The number of para-hydroxylation sites is 1. The predicted molar refractivity (Wildman–Crippen MR) is 121 cm³/mol. The Bertz CT molecular complexity index is 1230. The lowest BCUT2D eigenvalue weighted by Gasteiger charge is -2.10. The molecular weight excluding hydrogens is 396 g/mol. The van der Waals surface area contributed by atoms with E-state index in [1.54, 1.807) is 17.4 Å². The van der Waals surface area contributed by atoms with Crippen LogP contribution in [0.2, 0.25) is 0 Å². The smallest absolute Gasteiger partial charge is 0.337 e. The van der Waals surface area contributed by atoms with Gasteiger partial charge in [-0.25, -0.2) is 9.78 Å². The van der Waals surface area contributed by atoms with Crippen molar-refractivity contribution in [2.45, 2.75) is 33.7 Å². The molecular formula is C24H24N2O3S. The molecule has 2 heterocycles. The van der Waals surface area contributed by atoms with E-state index in [-0.39, 0.29) is 17.7 Å². The quantitative estimate of drug-likeness (QED) is 0.306. The molecule has 0 N–H and O–H groups in total. The number of esters is 1. The number of hydrogen-bond acceptors (Lipinski definition) is 5. The number of benzene rings is 2. The lowest BCUT2D eigenvalue weighted by atomic mass is 9.97. The minimum Gasteiger partial charge on any atom is -0.465 e. The Balaban J connectivity index is 1.94. The van der Waals surface area contributed by atoms with Crippen LogP contribution in [-0.2, 0) is 17.7 Å². The molecule has 0 saturated carbocycles. The standard InChI is InChI=1S/C24H24N2O3S/c1-5-18-22(23(27)14(2)3)16-11-10-15(24(28)29-4)12-19(16)26(18)13-21-25-17-8-6-7-9-20(17)30-21/h6-12,14H,5,13H2,1-4H3. The van der Waals surface area contributed by atoms with Crippen molar-refractivity contribution in [2.75, 3.05) is 7.11 Å². The number of carbonyl (C=O) groups excluding carboxylic acids is 2. The van der Waals surface area contributed by atoms with Crippen molar-refractivity contribution in [1.29, 1.82) is 0 Å². The Kier molecular flexibility index (Phi) is 5.43. The molecule has 0 fully saturated rings. The maximum Gasteiger partial charge on any atom is 0.337 e. The first-order valence-electron chi connectivity index (χ1n) is 10.1. The molecule has 0 bridgehead atoms. The Morgan fingerprint density at radius 1 is 1.17 bits per heavy atom. The van der Waals surface area contributed by atoms with Crippen LogP contribution in [0.5, 0.6) is 0 Å².